The molecule has 1 aliphatic carbocycles. The van der Waals surface area contributed by atoms with Crippen LogP contribution in [-0.4, -0.2) is 46.3 Å². The Morgan fingerprint density at radius 1 is 1.28 bits per heavy atom. The summed E-state index contributed by atoms with van der Waals surface area (Å²) in [5, 5.41) is 19.4. The summed E-state index contributed by atoms with van der Waals surface area (Å²) in [4.78, 5) is 12.9. The van der Waals surface area contributed by atoms with Crippen molar-refractivity contribution in [3.05, 3.63) is 25.3 Å². The average Bonchev–Trinajstić information content (AvgIpc) is 2.29. The lowest BCUT2D eigenvalue weighted by Crippen LogP contribution is -2.46. The van der Waals surface area contributed by atoms with Crippen molar-refractivity contribution in [3.63, 3.8) is 0 Å². The zero-order valence-corrected chi connectivity index (χ0v) is 10.8. The highest BCUT2D eigenvalue weighted by molar-refractivity contribution is 5.70. The molecule has 1 saturated carbocycles. The van der Waals surface area contributed by atoms with Crippen molar-refractivity contribution in [3.8, 4) is 0 Å². The van der Waals surface area contributed by atoms with Crippen molar-refractivity contribution < 1.29 is 15.0 Å². The number of hydrogen-bond donors (Lipinski definition) is 2. The van der Waals surface area contributed by atoms with Crippen molar-refractivity contribution in [2.45, 2.75) is 31.3 Å². The van der Waals surface area contributed by atoms with Gasteiger partial charge in [-0.05, 0) is 25.7 Å². The van der Waals surface area contributed by atoms with Gasteiger partial charge in [0.15, 0.2) is 0 Å². The summed E-state index contributed by atoms with van der Waals surface area (Å²) in [6.45, 7) is 9.36. The summed E-state index contributed by atoms with van der Waals surface area (Å²) in [5.41, 5.74) is -0.766. The van der Waals surface area contributed by atoms with Crippen LogP contribution in [-0.2, 0) is 4.79 Å². The first-order valence-electron chi connectivity index (χ1n) is 6.40. The predicted octanol–water partition coefficient (Wildman–Crippen LogP) is 1.67. The lowest BCUT2D eigenvalue weighted by molar-refractivity contribution is -0.145. The molecule has 0 aromatic heterocycles. The lowest BCUT2D eigenvalue weighted by atomic mass is 9.78. The maximum atomic E-state index is 10.9. The smallest absolute Gasteiger partial charge is 0.306 e. The van der Waals surface area contributed by atoms with Crippen LogP contribution in [0.3, 0.4) is 0 Å². The summed E-state index contributed by atoms with van der Waals surface area (Å²) in [6.07, 6.45) is 5.82. The van der Waals surface area contributed by atoms with Crippen LogP contribution in [0.2, 0.25) is 0 Å². The maximum absolute atomic E-state index is 10.9. The van der Waals surface area contributed by atoms with Crippen molar-refractivity contribution in [1.82, 2.24) is 4.90 Å². The molecule has 0 aromatic rings. The summed E-state index contributed by atoms with van der Waals surface area (Å²) >= 11 is 0. The van der Waals surface area contributed by atoms with E-state index < -0.39 is 11.6 Å². The van der Waals surface area contributed by atoms with Gasteiger partial charge in [-0.3, -0.25) is 9.69 Å². The van der Waals surface area contributed by atoms with Gasteiger partial charge in [-0.25, -0.2) is 0 Å². The fourth-order valence-corrected chi connectivity index (χ4v) is 2.55. The second-order valence-corrected chi connectivity index (χ2v) is 5.11. The average molecular weight is 253 g/mol. The SMILES string of the molecule is C=CCN(CC=C)CC1(O)CCC(C(=O)O)CC1. The number of aliphatic hydroxyl groups is 1. The third-order valence-electron chi connectivity index (χ3n) is 3.56. The van der Waals surface area contributed by atoms with E-state index in [0.717, 1.165) is 0 Å². The van der Waals surface area contributed by atoms with Gasteiger partial charge in [-0.2, -0.15) is 0 Å². The number of hydrogen-bond acceptors (Lipinski definition) is 3. The summed E-state index contributed by atoms with van der Waals surface area (Å²) < 4.78 is 0. The molecule has 2 N–H and O–H groups in total. The van der Waals surface area contributed by atoms with E-state index in [2.05, 4.69) is 18.1 Å². The van der Waals surface area contributed by atoms with E-state index in [1.807, 2.05) is 0 Å². The Bertz CT molecular complexity index is 296. The van der Waals surface area contributed by atoms with E-state index >= 15 is 0 Å². The Balaban J connectivity index is 2.52. The Labute approximate surface area is 109 Å². The molecule has 0 aliphatic heterocycles. The highest BCUT2D eigenvalue weighted by atomic mass is 16.4. The molecule has 0 atom stereocenters. The van der Waals surface area contributed by atoms with E-state index in [0.29, 0.717) is 45.3 Å². The van der Waals surface area contributed by atoms with Crippen LogP contribution in [0.5, 0.6) is 0 Å². The van der Waals surface area contributed by atoms with Gasteiger partial charge in [-0.15, -0.1) is 13.2 Å². The fraction of sp³-hybridized carbons (Fsp3) is 0.643. The van der Waals surface area contributed by atoms with Crippen molar-refractivity contribution >= 4 is 5.97 Å². The van der Waals surface area contributed by atoms with E-state index in [1.165, 1.54) is 0 Å². The molecule has 1 aliphatic rings. The first kappa shape index (κ1) is 14.9. The van der Waals surface area contributed by atoms with Gasteiger partial charge in [0.05, 0.1) is 11.5 Å². The van der Waals surface area contributed by atoms with Gasteiger partial charge in [-0.1, -0.05) is 12.2 Å². The zero-order valence-electron chi connectivity index (χ0n) is 10.8. The molecule has 0 radical (unpaired) electrons. The van der Waals surface area contributed by atoms with Gasteiger partial charge in [0.2, 0.25) is 0 Å². The predicted molar refractivity (Wildman–Crippen MR) is 71.4 cm³/mol. The largest absolute Gasteiger partial charge is 0.481 e. The van der Waals surface area contributed by atoms with Crippen LogP contribution in [0.1, 0.15) is 25.7 Å². The third kappa shape index (κ3) is 4.27. The molecule has 0 aromatic carbocycles. The highest BCUT2D eigenvalue weighted by Gasteiger charge is 2.36. The molecule has 4 nitrogen and oxygen atoms in total. The van der Waals surface area contributed by atoms with E-state index in [-0.39, 0.29) is 5.92 Å². The molecule has 0 saturated heterocycles. The maximum Gasteiger partial charge on any atom is 0.306 e. The van der Waals surface area contributed by atoms with Gasteiger partial charge >= 0.3 is 5.97 Å². The van der Waals surface area contributed by atoms with Crippen LogP contribution < -0.4 is 0 Å². The van der Waals surface area contributed by atoms with Crippen molar-refractivity contribution in [1.29, 1.82) is 0 Å². The number of aliphatic carboxylic acids is 1. The minimum absolute atomic E-state index is 0.294. The molecular weight excluding hydrogens is 230 g/mol. The Kier molecular flexibility index (Phi) is 5.56. The number of carbonyl (C=O) groups is 1. The van der Waals surface area contributed by atoms with Crippen molar-refractivity contribution in [2.75, 3.05) is 19.6 Å². The van der Waals surface area contributed by atoms with Crippen LogP contribution in [0.15, 0.2) is 25.3 Å². The molecule has 1 fully saturated rings. The standard InChI is InChI=1S/C14H23NO3/c1-3-9-15(10-4-2)11-14(18)7-5-12(6-8-14)13(16)17/h3-4,12,18H,1-2,5-11H2,(H,16,17). The third-order valence-corrected chi connectivity index (χ3v) is 3.56. The minimum atomic E-state index is -0.766. The van der Waals surface area contributed by atoms with Gasteiger partial charge in [0.25, 0.3) is 0 Å². The minimum Gasteiger partial charge on any atom is -0.481 e. The summed E-state index contributed by atoms with van der Waals surface area (Å²) in [5.74, 6) is -1.04. The highest BCUT2D eigenvalue weighted by Crippen LogP contribution is 2.32. The van der Waals surface area contributed by atoms with Gasteiger partial charge < -0.3 is 10.2 Å². The fourth-order valence-electron chi connectivity index (χ4n) is 2.55. The number of carboxylic acids is 1. The summed E-state index contributed by atoms with van der Waals surface area (Å²) in [7, 11) is 0. The van der Waals surface area contributed by atoms with Crippen LogP contribution in [0.25, 0.3) is 0 Å². The molecule has 18 heavy (non-hydrogen) atoms. The number of carboxylic acid groups (broad SMARTS) is 1. The Hall–Kier alpha value is -1.13. The van der Waals surface area contributed by atoms with Gasteiger partial charge in [0.1, 0.15) is 0 Å². The van der Waals surface area contributed by atoms with Crippen LogP contribution in [0.4, 0.5) is 0 Å². The first-order valence-corrected chi connectivity index (χ1v) is 6.40. The Morgan fingerprint density at radius 2 is 1.78 bits per heavy atom. The molecule has 0 heterocycles. The van der Waals surface area contributed by atoms with Crippen molar-refractivity contribution in [2.24, 2.45) is 5.92 Å². The number of rotatable bonds is 7. The molecule has 102 valence electrons. The van der Waals surface area contributed by atoms with E-state index in [1.54, 1.807) is 12.2 Å². The molecule has 1 rings (SSSR count). The monoisotopic (exact) mass is 253 g/mol. The van der Waals surface area contributed by atoms with E-state index in [4.69, 9.17) is 5.11 Å². The van der Waals surface area contributed by atoms with Crippen LogP contribution in [0, 0.1) is 5.92 Å². The molecule has 0 bridgehead atoms. The molecule has 4 heteroatoms. The zero-order chi connectivity index (χ0) is 13.6. The second kappa shape index (κ2) is 6.71. The topological polar surface area (TPSA) is 60.8 Å². The molecule has 0 unspecified atom stereocenters. The summed E-state index contributed by atoms with van der Waals surface area (Å²) in [6, 6.07) is 0. The quantitative estimate of drug-likeness (QED) is 0.678. The van der Waals surface area contributed by atoms with Gasteiger partial charge in [0, 0.05) is 19.6 Å². The molecular formula is C14H23NO3. The molecule has 0 spiro atoms. The molecule has 0 amide bonds. The lowest BCUT2D eigenvalue weighted by Gasteiger charge is -2.38. The van der Waals surface area contributed by atoms with E-state index in [9.17, 15) is 9.90 Å². The number of nitrogens with zero attached hydrogens (tertiary/aromatic N) is 1. The van der Waals surface area contributed by atoms with Crippen LogP contribution >= 0.6 is 0 Å². The Morgan fingerprint density at radius 3 is 2.17 bits per heavy atom. The second-order valence-electron chi connectivity index (χ2n) is 5.11. The normalized spacial score (nSPS) is 28.0. The first-order chi connectivity index (χ1) is 8.50.